The topological polar surface area (TPSA) is 55.1 Å². The van der Waals surface area contributed by atoms with E-state index in [1.807, 2.05) is 13.8 Å². The molecular formula is C9H24N2O. The summed E-state index contributed by atoms with van der Waals surface area (Å²) in [7, 11) is 0. The van der Waals surface area contributed by atoms with Crippen LogP contribution < -0.4 is 11.1 Å². The number of amides is 1. The van der Waals surface area contributed by atoms with E-state index < -0.39 is 0 Å². The lowest BCUT2D eigenvalue weighted by Crippen LogP contribution is -2.12. The van der Waals surface area contributed by atoms with Gasteiger partial charge >= 0.3 is 0 Å². The van der Waals surface area contributed by atoms with Crippen LogP contribution in [0.2, 0.25) is 0 Å². The van der Waals surface area contributed by atoms with Crippen LogP contribution in [-0.4, -0.2) is 19.0 Å². The number of hydrogen-bond donors (Lipinski definition) is 2. The highest BCUT2D eigenvalue weighted by atomic mass is 16.1. The lowest BCUT2D eigenvalue weighted by atomic mass is 10.5. The Hall–Kier alpha value is -0.570. The summed E-state index contributed by atoms with van der Waals surface area (Å²) in [6.45, 7) is 11.9. The van der Waals surface area contributed by atoms with Gasteiger partial charge in [0.15, 0.2) is 0 Å². The van der Waals surface area contributed by atoms with Crippen molar-refractivity contribution in [3.63, 3.8) is 0 Å². The number of carbonyl (C=O) groups excluding carboxylic acids is 1. The molecule has 76 valence electrons. The molecule has 0 aromatic rings. The second-order valence-corrected chi connectivity index (χ2v) is 1.96. The van der Waals surface area contributed by atoms with Gasteiger partial charge in [-0.05, 0) is 19.5 Å². The molecule has 0 aliphatic carbocycles. The molecule has 0 saturated heterocycles. The number of carbonyl (C=O) groups is 1. The van der Waals surface area contributed by atoms with E-state index in [1.165, 1.54) is 13.3 Å². The summed E-state index contributed by atoms with van der Waals surface area (Å²) in [4.78, 5) is 9.22. The first-order valence-corrected chi connectivity index (χ1v) is 4.61. The molecule has 0 bridgehead atoms. The van der Waals surface area contributed by atoms with E-state index in [0.29, 0.717) is 0 Å². The van der Waals surface area contributed by atoms with E-state index in [2.05, 4.69) is 24.9 Å². The first-order chi connectivity index (χ1) is 5.65. The van der Waals surface area contributed by atoms with E-state index in [9.17, 15) is 4.79 Å². The van der Waals surface area contributed by atoms with Crippen molar-refractivity contribution in [2.24, 2.45) is 5.73 Å². The molecule has 0 atom stereocenters. The third-order valence-corrected chi connectivity index (χ3v) is 0.677. The third-order valence-electron chi connectivity index (χ3n) is 0.677. The molecule has 0 aromatic carbocycles. The molecular weight excluding hydrogens is 152 g/mol. The van der Waals surface area contributed by atoms with Crippen LogP contribution in [-0.2, 0) is 4.79 Å². The summed E-state index contributed by atoms with van der Waals surface area (Å²) >= 11 is 0. The van der Waals surface area contributed by atoms with Crippen molar-refractivity contribution in [2.45, 2.75) is 41.0 Å². The molecule has 0 fully saturated rings. The van der Waals surface area contributed by atoms with Gasteiger partial charge in [0.1, 0.15) is 0 Å². The van der Waals surface area contributed by atoms with Crippen LogP contribution in [0, 0.1) is 0 Å². The maximum atomic E-state index is 9.22. The van der Waals surface area contributed by atoms with Gasteiger partial charge in [0.2, 0.25) is 5.91 Å². The maximum absolute atomic E-state index is 9.22. The molecule has 0 heterocycles. The van der Waals surface area contributed by atoms with E-state index in [4.69, 9.17) is 0 Å². The van der Waals surface area contributed by atoms with Crippen LogP contribution in [0.25, 0.3) is 0 Å². The maximum Gasteiger partial charge on any atom is 0.214 e. The second kappa shape index (κ2) is 22.4. The van der Waals surface area contributed by atoms with Crippen LogP contribution in [0.5, 0.6) is 0 Å². The molecule has 3 N–H and O–H groups in total. The van der Waals surface area contributed by atoms with Gasteiger partial charge in [-0.2, -0.15) is 0 Å². The molecule has 3 heteroatoms. The average molecular weight is 176 g/mol. The van der Waals surface area contributed by atoms with E-state index in [1.54, 1.807) is 0 Å². The minimum absolute atomic E-state index is 0.333. The molecule has 1 amide bonds. The van der Waals surface area contributed by atoms with Crippen molar-refractivity contribution in [1.82, 2.24) is 5.32 Å². The van der Waals surface area contributed by atoms with Crippen molar-refractivity contribution in [3.05, 3.63) is 0 Å². The Morgan fingerprint density at radius 2 is 1.67 bits per heavy atom. The SMILES string of the molecule is CC.CC(N)=O.CCCNCC. The minimum atomic E-state index is -0.333. The molecule has 0 unspecified atom stereocenters. The molecule has 12 heavy (non-hydrogen) atoms. The van der Waals surface area contributed by atoms with Crippen LogP contribution in [0.1, 0.15) is 41.0 Å². The molecule has 0 spiro atoms. The molecule has 0 aliphatic rings. The Kier molecular flexibility index (Phi) is 32.7. The van der Waals surface area contributed by atoms with E-state index >= 15 is 0 Å². The quantitative estimate of drug-likeness (QED) is 0.641. The Balaban J connectivity index is -0.000000118. The summed E-state index contributed by atoms with van der Waals surface area (Å²) in [6.07, 6.45) is 1.24. The lowest BCUT2D eigenvalue weighted by Gasteiger charge is -1.91. The fourth-order valence-electron chi connectivity index (χ4n) is 0.354. The van der Waals surface area contributed by atoms with Gasteiger partial charge in [0.05, 0.1) is 0 Å². The smallest absolute Gasteiger partial charge is 0.214 e. The summed E-state index contributed by atoms with van der Waals surface area (Å²) in [5, 5.41) is 3.20. The van der Waals surface area contributed by atoms with Crippen LogP contribution >= 0.6 is 0 Å². The molecule has 3 nitrogen and oxygen atoms in total. The van der Waals surface area contributed by atoms with E-state index in [0.717, 1.165) is 13.1 Å². The Labute approximate surface area is 76.7 Å². The number of nitrogens with one attached hydrogen (secondary N) is 1. The fourth-order valence-corrected chi connectivity index (χ4v) is 0.354. The highest BCUT2D eigenvalue weighted by Gasteiger charge is 1.71. The van der Waals surface area contributed by atoms with Crippen LogP contribution in [0.3, 0.4) is 0 Å². The third kappa shape index (κ3) is 113. The number of hydrogen-bond acceptors (Lipinski definition) is 2. The van der Waals surface area contributed by atoms with Gasteiger partial charge in [0.25, 0.3) is 0 Å². The highest BCUT2D eigenvalue weighted by molar-refractivity contribution is 5.70. The van der Waals surface area contributed by atoms with Crippen molar-refractivity contribution < 1.29 is 4.79 Å². The van der Waals surface area contributed by atoms with Gasteiger partial charge in [-0.3, -0.25) is 4.79 Å². The van der Waals surface area contributed by atoms with Gasteiger partial charge in [0, 0.05) is 6.92 Å². The summed E-state index contributed by atoms with van der Waals surface area (Å²) < 4.78 is 0. The molecule has 0 aliphatic heterocycles. The highest BCUT2D eigenvalue weighted by Crippen LogP contribution is 1.65. The normalized spacial score (nSPS) is 7.08. The predicted molar refractivity (Wildman–Crippen MR) is 55.1 cm³/mol. The predicted octanol–water partition coefficient (Wildman–Crippen LogP) is 1.52. The zero-order chi connectivity index (χ0) is 10.4. The summed E-state index contributed by atoms with van der Waals surface area (Å²) in [5.74, 6) is -0.333. The first kappa shape index (κ1) is 17.5. The van der Waals surface area contributed by atoms with Crippen molar-refractivity contribution in [3.8, 4) is 0 Å². The summed E-state index contributed by atoms with van der Waals surface area (Å²) in [5.41, 5.74) is 4.47. The second-order valence-electron chi connectivity index (χ2n) is 1.96. The molecule has 0 rings (SSSR count). The van der Waals surface area contributed by atoms with Gasteiger partial charge in [-0.15, -0.1) is 0 Å². The Morgan fingerprint density at radius 1 is 1.33 bits per heavy atom. The van der Waals surface area contributed by atoms with Gasteiger partial charge in [-0.1, -0.05) is 27.7 Å². The zero-order valence-corrected chi connectivity index (χ0v) is 9.11. The van der Waals surface area contributed by atoms with Crippen LogP contribution in [0.4, 0.5) is 0 Å². The largest absolute Gasteiger partial charge is 0.370 e. The van der Waals surface area contributed by atoms with Gasteiger partial charge in [-0.25, -0.2) is 0 Å². The first-order valence-electron chi connectivity index (χ1n) is 4.61. The molecule has 0 radical (unpaired) electrons. The minimum Gasteiger partial charge on any atom is -0.370 e. The zero-order valence-electron chi connectivity index (χ0n) is 9.11. The monoisotopic (exact) mass is 176 g/mol. The van der Waals surface area contributed by atoms with Gasteiger partial charge < -0.3 is 11.1 Å². The standard InChI is InChI=1S/C5H13N.C2H5NO.C2H6/c1-3-5-6-4-2;1-2(3)4;1-2/h6H,3-5H2,1-2H3;1H3,(H2,3,4);1-2H3. The molecule has 0 aromatic heterocycles. The average Bonchev–Trinajstić information content (AvgIpc) is 2.04. The number of nitrogens with two attached hydrogens (primary N) is 1. The summed E-state index contributed by atoms with van der Waals surface area (Å²) in [6, 6.07) is 0. The number of rotatable bonds is 3. The Morgan fingerprint density at radius 3 is 1.75 bits per heavy atom. The van der Waals surface area contributed by atoms with Crippen LogP contribution in [0.15, 0.2) is 0 Å². The van der Waals surface area contributed by atoms with E-state index in [-0.39, 0.29) is 5.91 Å². The molecule has 0 saturated carbocycles. The Bertz CT molecular complexity index is 66.9. The van der Waals surface area contributed by atoms with Crippen molar-refractivity contribution in [2.75, 3.05) is 13.1 Å². The van der Waals surface area contributed by atoms with Crippen molar-refractivity contribution >= 4 is 5.91 Å². The van der Waals surface area contributed by atoms with Crippen molar-refractivity contribution in [1.29, 1.82) is 0 Å². The number of primary amides is 1. The lowest BCUT2D eigenvalue weighted by molar-refractivity contribution is -0.115. The fraction of sp³-hybridized carbons (Fsp3) is 0.889.